The Morgan fingerprint density at radius 3 is 2.55 bits per heavy atom. The van der Waals surface area contributed by atoms with Crippen LogP contribution in [-0.4, -0.2) is 23.2 Å². The molecule has 0 amide bonds. The Labute approximate surface area is 127 Å². The smallest absolute Gasteiger partial charge is 0.265 e. The van der Waals surface area contributed by atoms with Crippen LogP contribution in [0.5, 0.6) is 11.5 Å². The third-order valence-electron chi connectivity index (χ3n) is 3.37. The third-order valence-corrected chi connectivity index (χ3v) is 4.80. The molecule has 7 heteroatoms. The second kappa shape index (κ2) is 4.96. The average molecular weight is 318 g/mol. The van der Waals surface area contributed by atoms with E-state index in [1.54, 1.807) is 12.1 Å². The van der Waals surface area contributed by atoms with Gasteiger partial charge in [0.25, 0.3) is 10.0 Å². The molecule has 3 N–H and O–H groups in total. The van der Waals surface area contributed by atoms with E-state index >= 15 is 0 Å². The third kappa shape index (κ3) is 2.46. The first-order valence-electron chi connectivity index (χ1n) is 6.47. The van der Waals surface area contributed by atoms with Crippen LogP contribution in [0, 0.1) is 0 Å². The lowest BCUT2D eigenvalue weighted by Crippen LogP contribution is -2.13. The van der Waals surface area contributed by atoms with Gasteiger partial charge in [0.2, 0.25) is 0 Å². The van der Waals surface area contributed by atoms with Crippen molar-refractivity contribution in [3.8, 4) is 11.5 Å². The van der Waals surface area contributed by atoms with Crippen LogP contribution in [0.3, 0.4) is 0 Å². The summed E-state index contributed by atoms with van der Waals surface area (Å²) in [5.41, 5.74) is 1.38. The van der Waals surface area contributed by atoms with Crippen molar-refractivity contribution in [1.29, 1.82) is 0 Å². The summed E-state index contributed by atoms with van der Waals surface area (Å²) in [7, 11) is -2.04. The fraction of sp³-hybridized carbons (Fsp3) is 0.0667. The second-order valence-electron chi connectivity index (χ2n) is 4.96. The van der Waals surface area contributed by atoms with E-state index in [0.717, 1.165) is 23.0 Å². The lowest BCUT2D eigenvalue weighted by atomic mass is 10.2. The standard InChI is InChI=1S/C15H14N2O4S/c1-17-7-6-10-8-11(2-4-13(10)17)16-22(20,21)15-5-3-12(18)9-14(15)19/h2-9,16,18-19H,1H3. The fourth-order valence-corrected chi connectivity index (χ4v) is 3.42. The number of phenols is 2. The van der Waals surface area contributed by atoms with Crippen molar-refractivity contribution in [2.24, 2.45) is 7.05 Å². The molecule has 22 heavy (non-hydrogen) atoms. The minimum Gasteiger partial charge on any atom is -0.508 e. The molecule has 1 heterocycles. The highest BCUT2D eigenvalue weighted by molar-refractivity contribution is 7.92. The van der Waals surface area contributed by atoms with Crippen molar-refractivity contribution in [3.63, 3.8) is 0 Å². The minimum atomic E-state index is -3.94. The van der Waals surface area contributed by atoms with Gasteiger partial charge in [0.05, 0.1) is 0 Å². The zero-order chi connectivity index (χ0) is 15.9. The molecule has 0 fully saturated rings. The quantitative estimate of drug-likeness (QED) is 0.691. The Balaban J connectivity index is 1.98. The highest BCUT2D eigenvalue weighted by Crippen LogP contribution is 2.29. The number of aryl methyl sites for hydroxylation is 1. The van der Waals surface area contributed by atoms with Crippen LogP contribution in [0.15, 0.2) is 53.6 Å². The van der Waals surface area contributed by atoms with Gasteiger partial charge in [-0.1, -0.05) is 0 Å². The monoisotopic (exact) mass is 318 g/mol. The number of sulfonamides is 1. The van der Waals surface area contributed by atoms with Crippen molar-refractivity contribution in [1.82, 2.24) is 4.57 Å². The number of aromatic hydroxyl groups is 2. The van der Waals surface area contributed by atoms with Crippen LogP contribution in [0.4, 0.5) is 5.69 Å². The molecular weight excluding hydrogens is 304 g/mol. The maximum atomic E-state index is 12.3. The number of aromatic nitrogens is 1. The Morgan fingerprint density at radius 1 is 1.05 bits per heavy atom. The summed E-state index contributed by atoms with van der Waals surface area (Å²) in [4.78, 5) is -0.293. The van der Waals surface area contributed by atoms with Gasteiger partial charge in [-0.2, -0.15) is 0 Å². The molecule has 0 aliphatic heterocycles. The van der Waals surface area contributed by atoms with Gasteiger partial charge in [0, 0.05) is 35.9 Å². The lowest BCUT2D eigenvalue weighted by molar-refractivity contribution is 0.440. The van der Waals surface area contributed by atoms with E-state index in [1.807, 2.05) is 29.9 Å². The number of hydrogen-bond donors (Lipinski definition) is 3. The number of nitrogens with zero attached hydrogens (tertiary/aromatic N) is 1. The highest BCUT2D eigenvalue weighted by atomic mass is 32.2. The molecule has 6 nitrogen and oxygen atoms in total. The van der Waals surface area contributed by atoms with Crippen LogP contribution in [-0.2, 0) is 17.1 Å². The summed E-state index contributed by atoms with van der Waals surface area (Å²) in [5.74, 6) is -0.713. The second-order valence-corrected chi connectivity index (χ2v) is 6.61. The molecule has 0 saturated carbocycles. The van der Waals surface area contributed by atoms with Crippen LogP contribution < -0.4 is 4.72 Å². The van der Waals surface area contributed by atoms with Crippen LogP contribution in [0.25, 0.3) is 10.9 Å². The molecule has 0 radical (unpaired) electrons. The highest BCUT2D eigenvalue weighted by Gasteiger charge is 2.19. The Bertz CT molecular complexity index is 961. The van der Waals surface area contributed by atoms with Crippen LogP contribution in [0.1, 0.15) is 0 Å². The summed E-state index contributed by atoms with van der Waals surface area (Å²) in [6.45, 7) is 0. The van der Waals surface area contributed by atoms with E-state index < -0.39 is 15.8 Å². The first-order chi connectivity index (χ1) is 10.4. The number of hydrogen-bond acceptors (Lipinski definition) is 4. The van der Waals surface area contributed by atoms with E-state index in [1.165, 1.54) is 6.07 Å². The summed E-state index contributed by atoms with van der Waals surface area (Å²) in [5, 5.41) is 19.8. The minimum absolute atomic E-state index is 0.206. The zero-order valence-corrected chi connectivity index (χ0v) is 12.5. The van der Waals surface area contributed by atoms with Gasteiger partial charge >= 0.3 is 0 Å². The van der Waals surface area contributed by atoms with Crippen molar-refractivity contribution in [3.05, 3.63) is 48.7 Å². The topological polar surface area (TPSA) is 91.6 Å². The Hall–Kier alpha value is -2.67. The number of rotatable bonds is 3. The van der Waals surface area contributed by atoms with Gasteiger partial charge in [0.1, 0.15) is 16.4 Å². The fourth-order valence-electron chi connectivity index (χ4n) is 2.29. The average Bonchev–Trinajstić information content (AvgIpc) is 2.79. The van der Waals surface area contributed by atoms with Gasteiger partial charge < -0.3 is 14.8 Å². The molecule has 0 aliphatic rings. The summed E-state index contributed by atoms with van der Waals surface area (Å²) < 4.78 is 29.0. The Morgan fingerprint density at radius 2 is 1.82 bits per heavy atom. The van der Waals surface area contributed by atoms with E-state index in [-0.39, 0.29) is 10.6 Å². The van der Waals surface area contributed by atoms with Crippen LogP contribution in [0.2, 0.25) is 0 Å². The summed E-state index contributed by atoms with van der Waals surface area (Å²) in [6.07, 6.45) is 1.88. The number of fused-ring (bicyclic) bond motifs is 1. The zero-order valence-electron chi connectivity index (χ0n) is 11.7. The van der Waals surface area contributed by atoms with Crippen molar-refractivity contribution in [2.75, 3.05) is 4.72 Å². The van der Waals surface area contributed by atoms with E-state index in [2.05, 4.69) is 4.72 Å². The van der Waals surface area contributed by atoms with Gasteiger partial charge in [0.15, 0.2) is 0 Å². The van der Waals surface area contributed by atoms with Gasteiger partial charge in [-0.15, -0.1) is 0 Å². The lowest BCUT2D eigenvalue weighted by Gasteiger charge is -2.10. The molecule has 0 unspecified atom stereocenters. The molecule has 3 aromatic rings. The predicted octanol–water partition coefficient (Wildman–Crippen LogP) is 2.39. The largest absolute Gasteiger partial charge is 0.508 e. The molecule has 0 saturated heterocycles. The number of benzene rings is 2. The van der Waals surface area contributed by atoms with E-state index in [4.69, 9.17) is 0 Å². The Kier molecular flexibility index (Phi) is 3.22. The van der Waals surface area contributed by atoms with E-state index in [9.17, 15) is 18.6 Å². The van der Waals surface area contributed by atoms with Crippen molar-refractivity contribution < 1.29 is 18.6 Å². The molecule has 0 atom stereocenters. The normalized spacial score (nSPS) is 11.7. The van der Waals surface area contributed by atoms with Crippen LogP contribution >= 0.6 is 0 Å². The van der Waals surface area contributed by atoms with Crippen molar-refractivity contribution >= 4 is 26.6 Å². The maximum absolute atomic E-state index is 12.3. The number of anilines is 1. The SMILES string of the molecule is Cn1ccc2cc(NS(=O)(=O)c3ccc(O)cc3O)ccc21. The molecule has 114 valence electrons. The van der Waals surface area contributed by atoms with Gasteiger partial charge in [-0.25, -0.2) is 8.42 Å². The van der Waals surface area contributed by atoms with E-state index in [0.29, 0.717) is 5.69 Å². The first kappa shape index (κ1) is 14.3. The molecule has 0 spiro atoms. The van der Waals surface area contributed by atoms with Crippen molar-refractivity contribution in [2.45, 2.75) is 4.90 Å². The predicted molar refractivity (Wildman–Crippen MR) is 83.5 cm³/mol. The molecule has 1 aromatic heterocycles. The molecule has 2 aromatic carbocycles. The van der Waals surface area contributed by atoms with Gasteiger partial charge in [-0.05, 0) is 36.4 Å². The number of phenolic OH excluding ortho intramolecular Hbond substituents is 2. The summed E-state index contributed by atoms with van der Waals surface area (Å²) >= 11 is 0. The summed E-state index contributed by atoms with van der Waals surface area (Å²) in [6, 6.07) is 10.4. The molecular formula is C15H14N2O4S. The molecule has 0 aliphatic carbocycles. The van der Waals surface area contributed by atoms with Gasteiger partial charge in [-0.3, -0.25) is 4.72 Å². The molecule has 3 rings (SSSR count). The maximum Gasteiger partial charge on any atom is 0.265 e. The molecule has 0 bridgehead atoms. The first-order valence-corrected chi connectivity index (χ1v) is 7.95. The number of nitrogens with one attached hydrogen (secondary N) is 1.